The summed E-state index contributed by atoms with van der Waals surface area (Å²) in [6.45, 7) is 9.00. The van der Waals surface area contributed by atoms with E-state index in [9.17, 15) is 9.59 Å². The van der Waals surface area contributed by atoms with Crippen LogP contribution < -0.4 is 10.1 Å². The molecule has 2 amide bonds. The summed E-state index contributed by atoms with van der Waals surface area (Å²) in [6.07, 6.45) is 0.968. The first-order chi connectivity index (χ1) is 11.7. The molecule has 0 saturated heterocycles. The van der Waals surface area contributed by atoms with Gasteiger partial charge in [0.1, 0.15) is 5.75 Å². The van der Waals surface area contributed by atoms with E-state index >= 15 is 0 Å². The van der Waals surface area contributed by atoms with Crippen molar-refractivity contribution in [1.29, 1.82) is 0 Å². The fourth-order valence-electron chi connectivity index (χ4n) is 2.22. The number of hydrogen-bond acceptors (Lipinski definition) is 3. The predicted octanol–water partition coefficient (Wildman–Crippen LogP) is 3.28. The second kappa shape index (κ2) is 9.91. The molecular formula is C19H30N2O4. The normalized spacial score (nSPS) is 11.9. The summed E-state index contributed by atoms with van der Waals surface area (Å²) < 4.78 is 5.87. The molecule has 0 aromatic heterocycles. The van der Waals surface area contributed by atoms with E-state index in [0.29, 0.717) is 19.1 Å². The molecule has 0 aliphatic heterocycles. The molecule has 0 radical (unpaired) electrons. The van der Waals surface area contributed by atoms with Crippen LogP contribution in [0.1, 0.15) is 38.3 Å². The van der Waals surface area contributed by atoms with E-state index in [-0.39, 0.29) is 12.6 Å². The summed E-state index contributed by atoms with van der Waals surface area (Å²) >= 11 is 0. The highest BCUT2D eigenvalue weighted by atomic mass is 16.5. The summed E-state index contributed by atoms with van der Waals surface area (Å²) in [5.74, 6) is -0.176. The SMILES string of the molecule is Cc1ccc(CNC(=O)N(C)CC(C)C(=O)O)c(OCCC(C)C)c1. The second-order valence-corrected chi connectivity index (χ2v) is 6.92. The molecule has 0 fully saturated rings. The zero-order valence-corrected chi connectivity index (χ0v) is 15.8. The van der Waals surface area contributed by atoms with Crippen molar-refractivity contribution < 1.29 is 19.4 Å². The van der Waals surface area contributed by atoms with Gasteiger partial charge in [0.2, 0.25) is 0 Å². The smallest absolute Gasteiger partial charge is 0.317 e. The Hall–Kier alpha value is -2.24. The van der Waals surface area contributed by atoms with Gasteiger partial charge in [0.15, 0.2) is 0 Å². The van der Waals surface area contributed by atoms with Gasteiger partial charge in [0, 0.05) is 25.7 Å². The molecule has 0 aliphatic carbocycles. The van der Waals surface area contributed by atoms with Gasteiger partial charge in [-0.1, -0.05) is 32.9 Å². The first-order valence-corrected chi connectivity index (χ1v) is 8.64. The summed E-state index contributed by atoms with van der Waals surface area (Å²) in [5, 5.41) is 11.7. The molecule has 6 nitrogen and oxygen atoms in total. The number of nitrogens with zero attached hydrogens (tertiary/aromatic N) is 1. The molecule has 2 N–H and O–H groups in total. The number of carboxylic acid groups (broad SMARTS) is 1. The summed E-state index contributed by atoms with van der Waals surface area (Å²) in [7, 11) is 1.59. The van der Waals surface area contributed by atoms with Gasteiger partial charge in [-0.2, -0.15) is 0 Å². The Labute approximate surface area is 150 Å². The van der Waals surface area contributed by atoms with Crippen LogP contribution in [-0.4, -0.2) is 42.2 Å². The lowest BCUT2D eigenvalue weighted by atomic mass is 10.1. The molecule has 1 aromatic rings. The number of benzene rings is 1. The van der Waals surface area contributed by atoms with E-state index in [1.807, 2.05) is 25.1 Å². The molecule has 0 spiro atoms. The fraction of sp³-hybridized carbons (Fsp3) is 0.579. The maximum absolute atomic E-state index is 12.1. The number of hydrogen-bond donors (Lipinski definition) is 2. The highest BCUT2D eigenvalue weighted by Crippen LogP contribution is 2.21. The Kier molecular flexibility index (Phi) is 8.25. The lowest BCUT2D eigenvalue weighted by Crippen LogP contribution is -2.40. The number of ether oxygens (including phenoxy) is 1. The molecule has 1 atom stereocenters. The minimum Gasteiger partial charge on any atom is -0.493 e. The van der Waals surface area contributed by atoms with Gasteiger partial charge in [-0.05, 0) is 30.9 Å². The van der Waals surface area contributed by atoms with Crippen LogP contribution >= 0.6 is 0 Å². The van der Waals surface area contributed by atoms with E-state index in [4.69, 9.17) is 9.84 Å². The largest absolute Gasteiger partial charge is 0.493 e. The van der Waals surface area contributed by atoms with Crippen LogP contribution in [0, 0.1) is 18.8 Å². The lowest BCUT2D eigenvalue weighted by molar-refractivity contribution is -0.141. The van der Waals surface area contributed by atoms with Gasteiger partial charge in [-0.25, -0.2) is 4.79 Å². The fourth-order valence-corrected chi connectivity index (χ4v) is 2.22. The number of carbonyl (C=O) groups is 2. The topological polar surface area (TPSA) is 78.9 Å². The van der Waals surface area contributed by atoms with E-state index in [1.54, 1.807) is 14.0 Å². The third-order valence-electron chi connectivity index (χ3n) is 3.92. The van der Waals surface area contributed by atoms with Crippen LogP contribution in [0.4, 0.5) is 4.79 Å². The van der Waals surface area contributed by atoms with Crippen molar-refractivity contribution in [3.05, 3.63) is 29.3 Å². The number of carbonyl (C=O) groups excluding carboxylic acids is 1. The number of nitrogens with one attached hydrogen (secondary N) is 1. The lowest BCUT2D eigenvalue weighted by Gasteiger charge is -2.20. The molecule has 0 bridgehead atoms. The van der Waals surface area contributed by atoms with E-state index < -0.39 is 11.9 Å². The minimum absolute atomic E-state index is 0.160. The van der Waals surface area contributed by atoms with Crippen molar-refractivity contribution in [2.24, 2.45) is 11.8 Å². The maximum atomic E-state index is 12.1. The van der Waals surface area contributed by atoms with Crippen molar-refractivity contribution in [2.45, 2.75) is 40.7 Å². The number of rotatable bonds is 9. The first kappa shape index (κ1) is 20.8. The third kappa shape index (κ3) is 7.45. The molecule has 1 aromatic carbocycles. The average molecular weight is 350 g/mol. The molecule has 6 heteroatoms. The maximum Gasteiger partial charge on any atom is 0.317 e. The second-order valence-electron chi connectivity index (χ2n) is 6.92. The van der Waals surface area contributed by atoms with Crippen LogP contribution in [0.3, 0.4) is 0 Å². The summed E-state index contributed by atoms with van der Waals surface area (Å²) in [4.78, 5) is 24.4. The molecular weight excluding hydrogens is 320 g/mol. The predicted molar refractivity (Wildman–Crippen MR) is 97.8 cm³/mol. The van der Waals surface area contributed by atoms with Crippen LogP contribution in [0.5, 0.6) is 5.75 Å². The van der Waals surface area contributed by atoms with Crippen molar-refractivity contribution in [1.82, 2.24) is 10.2 Å². The van der Waals surface area contributed by atoms with Gasteiger partial charge < -0.3 is 20.1 Å². The van der Waals surface area contributed by atoms with Gasteiger partial charge in [0.05, 0.1) is 12.5 Å². The number of aryl methyl sites for hydroxylation is 1. The summed E-state index contributed by atoms with van der Waals surface area (Å²) in [5.41, 5.74) is 2.00. The van der Waals surface area contributed by atoms with Gasteiger partial charge in [-0.3, -0.25) is 4.79 Å². The molecule has 140 valence electrons. The molecule has 25 heavy (non-hydrogen) atoms. The Morgan fingerprint density at radius 1 is 1.28 bits per heavy atom. The van der Waals surface area contributed by atoms with Crippen LogP contribution in [0.15, 0.2) is 18.2 Å². The Morgan fingerprint density at radius 3 is 2.56 bits per heavy atom. The zero-order chi connectivity index (χ0) is 19.0. The number of amides is 2. The minimum atomic E-state index is -0.918. The molecule has 1 rings (SSSR count). The van der Waals surface area contributed by atoms with Crippen molar-refractivity contribution in [2.75, 3.05) is 20.2 Å². The highest BCUT2D eigenvalue weighted by Gasteiger charge is 2.17. The monoisotopic (exact) mass is 350 g/mol. The molecule has 0 aliphatic rings. The van der Waals surface area contributed by atoms with Gasteiger partial charge >= 0.3 is 12.0 Å². The zero-order valence-electron chi connectivity index (χ0n) is 15.8. The number of urea groups is 1. The quantitative estimate of drug-likeness (QED) is 0.716. The highest BCUT2D eigenvalue weighted by molar-refractivity contribution is 5.75. The summed E-state index contributed by atoms with van der Waals surface area (Å²) in [6, 6.07) is 5.59. The molecule has 0 saturated carbocycles. The van der Waals surface area contributed by atoms with Crippen LogP contribution in [0.2, 0.25) is 0 Å². The number of carboxylic acids is 1. The van der Waals surface area contributed by atoms with Crippen LogP contribution in [0.25, 0.3) is 0 Å². The van der Waals surface area contributed by atoms with Crippen molar-refractivity contribution in [3.63, 3.8) is 0 Å². The van der Waals surface area contributed by atoms with Gasteiger partial charge in [0.25, 0.3) is 0 Å². The van der Waals surface area contributed by atoms with Crippen molar-refractivity contribution >= 4 is 12.0 Å². The average Bonchev–Trinajstić information content (AvgIpc) is 2.53. The van der Waals surface area contributed by atoms with E-state index in [1.165, 1.54) is 4.90 Å². The Bertz CT molecular complexity index is 587. The Balaban J connectivity index is 2.63. The number of aliphatic carboxylic acids is 1. The standard InChI is InChI=1S/C19H30N2O4/c1-13(2)8-9-25-17-10-14(3)6-7-16(17)11-20-19(24)21(5)12-15(4)18(22)23/h6-7,10,13,15H,8-9,11-12H2,1-5H3,(H,20,24)(H,22,23). The van der Waals surface area contributed by atoms with Crippen LogP contribution in [-0.2, 0) is 11.3 Å². The van der Waals surface area contributed by atoms with E-state index in [2.05, 4.69) is 19.2 Å². The van der Waals surface area contributed by atoms with Crippen molar-refractivity contribution in [3.8, 4) is 5.75 Å². The molecule has 0 heterocycles. The third-order valence-corrected chi connectivity index (χ3v) is 3.92. The molecule has 1 unspecified atom stereocenters. The Morgan fingerprint density at radius 2 is 1.96 bits per heavy atom. The van der Waals surface area contributed by atoms with E-state index in [0.717, 1.165) is 23.3 Å². The van der Waals surface area contributed by atoms with Gasteiger partial charge in [-0.15, -0.1) is 0 Å². The first-order valence-electron chi connectivity index (χ1n) is 8.64.